The van der Waals surface area contributed by atoms with Gasteiger partial charge in [-0.25, -0.2) is 8.42 Å². The molecule has 0 bridgehead atoms. The number of carbonyl (C=O) groups is 1. The fourth-order valence-corrected chi connectivity index (χ4v) is 5.67. The Morgan fingerprint density at radius 1 is 1.00 bits per heavy atom. The van der Waals surface area contributed by atoms with Gasteiger partial charge in [-0.05, 0) is 37.5 Å². The molecular formula is C24H29BN2O6S2. The Hall–Kier alpha value is -2.73. The van der Waals surface area contributed by atoms with E-state index in [0.717, 1.165) is 11.8 Å². The molecule has 2 atom stereocenters. The summed E-state index contributed by atoms with van der Waals surface area (Å²) < 4.78 is 28.5. The molecule has 0 heterocycles. The Morgan fingerprint density at radius 2 is 1.60 bits per heavy atom. The second-order valence-electron chi connectivity index (χ2n) is 8.65. The molecule has 0 radical (unpaired) electrons. The van der Waals surface area contributed by atoms with Crippen molar-refractivity contribution in [2.24, 2.45) is 5.92 Å². The first-order chi connectivity index (χ1) is 16.5. The van der Waals surface area contributed by atoms with Crippen LogP contribution >= 0.6 is 11.8 Å². The van der Waals surface area contributed by atoms with Crippen LogP contribution in [0, 0.1) is 5.92 Å². The summed E-state index contributed by atoms with van der Waals surface area (Å²) in [4.78, 5) is 13.2. The van der Waals surface area contributed by atoms with Crippen molar-refractivity contribution in [2.45, 2.75) is 48.2 Å². The van der Waals surface area contributed by atoms with E-state index in [0.29, 0.717) is 22.1 Å². The quantitative estimate of drug-likeness (QED) is 0.158. The lowest BCUT2D eigenvalue weighted by molar-refractivity contribution is -0.120. The minimum atomic E-state index is -3.89. The molecule has 0 aliphatic carbocycles. The Balaban J connectivity index is 1.92. The van der Waals surface area contributed by atoms with Crippen molar-refractivity contribution in [3.05, 3.63) is 60.7 Å². The lowest BCUT2D eigenvalue weighted by Crippen LogP contribution is -2.49. The van der Waals surface area contributed by atoms with Crippen LogP contribution in [-0.4, -0.2) is 47.8 Å². The Bertz CT molecular complexity index is 1290. The maximum atomic E-state index is 13.0. The molecule has 3 aromatic rings. The number of fused-ring (bicyclic) bond motifs is 1. The predicted molar refractivity (Wildman–Crippen MR) is 140 cm³/mol. The molecule has 11 heteroatoms. The minimum Gasteiger partial charge on any atom is -0.506 e. The van der Waals surface area contributed by atoms with E-state index in [9.17, 15) is 28.4 Å². The van der Waals surface area contributed by atoms with Gasteiger partial charge in [-0.15, -0.1) is 11.8 Å². The summed E-state index contributed by atoms with van der Waals surface area (Å²) in [6, 6.07) is 16.3. The first kappa shape index (κ1) is 26.9. The summed E-state index contributed by atoms with van der Waals surface area (Å²) in [6.07, 6.45) is 0.382. The van der Waals surface area contributed by atoms with Crippen molar-refractivity contribution >= 4 is 51.3 Å². The van der Waals surface area contributed by atoms with Gasteiger partial charge in [-0.1, -0.05) is 56.3 Å². The van der Waals surface area contributed by atoms with Gasteiger partial charge in [0.05, 0.1) is 26.7 Å². The SMILES string of the molecule is CC(C)C[C@H](NC(=O)C(C)Sc1cc(NS(=O)(=O)c2ccccc2)c2ccccc2c1O)B(O)O. The highest BCUT2D eigenvalue weighted by atomic mass is 32.2. The molecule has 0 aromatic heterocycles. The highest BCUT2D eigenvalue weighted by Gasteiger charge is 2.29. The average molecular weight is 516 g/mol. The van der Waals surface area contributed by atoms with Crippen molar-refractivity contribution in [3.63, 3.8) is 0 Å². The van der Waals surface area contributed by atoms with Gasteiger partial charge in [0.25, 0.3) is 10.0 Å². The van der Waals surface area contributed by atoms with Gasteiger partial charge < -0.3 is 20.5 Å². The lowest BCUT2D eigenvalue weighted by Gasteiger charge is -2.22. The third-order valence-electron chi connectivity index (χ3n) is 5.36. The molecule has 5 N–H and O–H groups in total. The number of amides is 1. The van der Waals surface area contributed by atoms with E-state index in [2.05, 4.69) is 10.0 Å². The summed E-state index contributed by atoms with van der Waals surface area (Å²) in [5, 5.41) is 33.0. The van der Waals surface area contributed by atoms with E-state index in [1.165, 1.54) is 18.2 Å². The number of sulfonamides is 1. The lowest BCUT2D eigenvalue weighted by atomic mass is 9.75. The number of nitrogens with one attached hydrogen (secondary N) is 2. The van der Waals surface area contributed by atoms with Gasteiger partial charge in [0, 0.05) is 10.8 Å². The molecule has 0 spiro atoms. The number of rotatable bonds is 10. The van der Waals surface area contributed by atoms with Crippen LogP contribution in [0.5, 0.6) is 5.75 Å². The van der Waals surface area contributed by atoms with Crippen LogP contribution in [0.3, 0.4) is 0 Å². The largest absolute Gasteiger partial charge is 0.506 e. The van der Waals surface area contributed by atoms with Crippen molar-refractivity contribution < 1.29 is 28.4 Å². The summed E-state index contributed by atoms with van der Waals surface area (Å²) in [6.45, 7) is 5.44. The molecule has 0 aliphatic rings. The molecule has 8 nitrogen and oxygen atoms in total. The number of hydrogen-bond donors (Lipinski definition) is 5. The van der Waals surface area contributed by atoms with Gasteiger partial charge in [0.2, 0.25) is 5.91 Å². The van der Waals surface area contributed by atoms with Gasteiger partial charge in [0.15, 0.2) is 0 Å². The number of thioether (sulfide) groups is 1. The summed E-state index contributed by atoms with van der Waals surface area (Å²) in [5.41, 5.74) is 0.265. The van der Waals surface area contributed by atoms with Crippen LogP contribution < -0.4 is 10.0 Å². The number of phenolic OH excluding ortho intramolecular Hbond substituents is 1. The van der Waals surface area contributed by atoms with Crippen molar-refractivity contribution in [2.75, 3.05) is 4.72 Å². The normalized spacial score (nSPS) is 13.4. The average Bonchev–Trinajstić information content (AvgIpc) is 2.81. The molecule has 3 rings (SSSR count). The molecule has 0 fully saturated rings. The summed E-state index contributed by atoms with van der Waals surface area (Å²) in [5.74, 6) is -1.21. The van der Waals surface area contributed by atoms with Crippen LogP contribution in [-0.2, 0) is 14.8 Å². The minimum absolute atomic E-state index is 0.0752. The fraction of sp³-hybridized carbons (Fsp3) is 0.292. The maximum Gasteiger partial charge on any atom is 0.475 e. The van der Waals surface area contributed by atoms with E-state index in [1.54, 1.807) is 49.4 Å². The monoisotopic (exact) mass is 516 g/mol. The van der Waals surface area contributed by atoms with Gasteiger partial charge in [-0.2, -0.15) is 0 Å². The van der Waals surface area contributed by atoms with E-state index in [-0.39, 0.29) is 22.3 Å². The van der Waals surface area contributed by atoms with Crippen LogP contribution in [0.15, 0.2) is 70.5 Å². The van der Waals surface area contributed by atoms with Gasteiger partial charge >= 0.3 is 7.12 Å². The zero-order valence-corrected chi connectivity index (χ0v) is 21.3. The van der Waals surface area contributed by atoms with E-state index < -0.39 is 34.2 Å². The van der Waals surface area contributed by atoms with E-state index in [1.807, 2.05) is 13.8 Å². The molecule has 35 heavy (non-hydrogen) atoms. The third-order valence-corrected chi connectivity index (χ3v) is 7.88. The first-order valence-electron chi connectivity index (χ1n) is 11.2. The zero-order chi connectivity index (χ0) is 25.8. The molecule has 1 unspecified atom stereocenters. The van der Waals surface area contributed by atoms with Crippen molar-refractivity contribution in [3.8, 4) is 5.75 Å². The second-order valence-corrected chi connectivity index (χ2v) is 11.7. The molecule has 3 aromatic carbocycles. The highest BCUT2D eigenvalue weighted by molar-refractivity contribution is 8.00. The van der Waals surface area contributed by atoms with Crippen LogP contribution in [0.4, 0.5) is 5.69 Å². The Morgan fingerprint density at radius 3 is 2.20 bits per heavy atom. The molecule has 1 amide bonds. The maximum absolute atomic E-state index is 13.0. The molecule has 0 saturated carbocycles. The number of hydrogen-bond acceptors (Lipinski definition) is 7. The standard InChI is InChI=1S/C24H29BN2O6S2/c1-15(2)13-22(25(30)31)26-24(29)16(3)34-21-14-20(18-11-7-8-12-19(18)23(21)28)27-35(32,33)17-9-5-4-6-10-17/h4-12,14-16,22,27-28,30-31H,13H2,1-3H3,(H,26,29)/t16?,22-/m0/s1. The van der Waals surface area contributed by atoms with Crippen molar-refractivity contribution in [1.82, 2.24) is 5.32 Å². The number of phenols is 1. The third kappa shape index (κ3) is 6.69. The second kappa shape index (κ2) is 11.3. The predicted octanol–water partition coefficient (Wildman–Crippen LogP) is 3.37. The smallest absolute Gasteiger partial charge is 0.475 e. The molecular weight excluding hydrogens is 487 g/mol. The zero-order valence-electron chi connectivity index (χ0n) is 19.7. The molecule has 186 valence electrons. The molecule has 0 saturated heterocycles. The molecule has 0 aliphatic heterocycles. The van der Waals surface area contributed by atoms with E-state index in [4.69, 9.17) is 0 Å². The number of benzene rings is 3. The van der Waals surface area contributed by atoms with Crippen LogP contribution in [0.1, 0.15) is 27.2 Å². The Labute approximate surface area is 210 Å². The van der Waals surface area contributed by atoms with Gasteiger partial charge in [0.1, 0.15) is 5.75 Å². The highest BCUT2D eigenvalue weighted by Crippen LogP contribution is 2.41. The number of carbonyl (C=O) groups excluding carboxylic acids is 1. The van der Waals surface area contributed by atoms with Gasteiger partial charge in [-0.3, -0.25) is 9.52 Å². The first-order valence-corrected chi connectivity index (χ1v) is 13.5. The number of anilines is 1. The van der Waals surface area contributed by atoms with Crippen LogP contribution in [0.2, 0.25) is 0 Å². The topological polar surface area (TPSA) is 136 Å². The fourth-order valence-electron chi connectivity index (χ4n) is 3.62. The number of aromatic hydroxyl groups is 1. The van der Waals surface area contributed by atoms with Crippen LogP contribution in [0.25, 0.3) is 10.8 Å². The summed E-state index contributed by atoms with van der Waals surface area (Å²) in [7, 11) is -5.59. The van der Waals surface area contributed by atoms with E-state index >= 15 is 0 Å². The Kier molecular flexibility index (Phi) is 8.71. The van der Waals surface area contributed by atoms with Crippen molar-refractivity contribution in [1.29, 1.82) is 0 Å². The summed E-state index contributed by atoms with van der Waals surface area (Å²) >= 11 is 1.04.